The van der Waals surface area contributed by atoms with Crippen molar-refractivity contribution in [2.45, 2.75) is 45.1 Å². The lowest BCUT2D eigenvalue weighted by Crippen LogP contribution is -2.53. The topological polar surface area (TPSA) is 71.2 Å². The summed E-state index contributed by atoms with van der Waals surface area (Å²) in [7, 11) is 0. The molecule has 1 saturated heterocycles. The molecule has 5 nitrogen and oxygen atoms in total. The molecule has 3 rings (SSSR count). The van der Waals surface area contributed by atoms with Crippen LogP contribution in [0.5, 0.6) is 0 Å². The Balaban J connectivity index is 1.63. The van der Waals surface area contributed by atoms with Gasteiger partial charge in [-0.2, -0.15) is 0 Å². The normalized spacial score (nSPS) is 21.8. The molecule has 23 heavy (non-hydrogen) atoms. The van der Waals surface area contributed by atoms with E-state index in [1.54, 1.807) is 6.20 Å². The number of hydrogen-bond donors (Lipinski definition) is 2. The number of hydrogen-bond acceptors (Lipinski definition) is 4. The second-order valence-corrected chi connectivity index (χ2v) is 7.42. The molecular weight excluding hydrogens is 288 g/mol. The van der Waals surface area contributed by atoms with Gasteiger partial charge in [-0.25, -0.2) is 4.98 Å². The molecule has 2 aliphatic rings. The van der Waals surface area contributed by atoms with Crippen LogP contribution in [0.4, 0.5) is 5.82 Å². The molecule has 2 heterocycles. The first kappa shape index (κ1) is 16.2. The molecule has 1 amide bonds. The molecule has 5 heteroatoms. The van der Waals surface area contributed by atoms with Crippen LogP contribution < -0.4 is 16.0 Å². The number of nitrogens with one attached hydrogen (secondary N) is 1. The number of carbonyl (C=O) groups is 1. The quantitative estimate of drug-likeness (QED) is 0.873. The number of rotatable bonds is 5. The lowest BCUT2D eigenvalue weighted by molar-refractivity contribution is 0.0897. The molecule has 0 bridgehead atoms. The zero-order chi connectivity index (χ0) is 16.4. The van der Waals surface area contributed by atoms with Gasteiger partial charge in [0.2, 0.25) is 0 Å². The Kier molecular flexibility index (Phi) is 4.57. The zero-order valence-corrected chi connectivity index (χ0v) is 14.2. The Morgan fingerprint density at radius 2 is 2.04 bits per heavy atom. The van der Waals surface area contributed by atoms with Gasteiger partial charge in [0.15, 0.2) is 0 Å². The molecule has 1 unspecified atom stereocenters. The third-order valence-electron chi connectivity index (χ3n) is 5.42. The second-order valence-electron chi connectivity index (χ2n) is 7.42. The van der Waals surface area contributed by atoms with E-state index in [4.69, 9.17) is 5.73 Å². The summed E-state index contributed by atoms with van der Waals surface area (Å²) in [4.78, 5) is 19.3. The maximum absolute atomic E-state index is 12.5. The molecule has 1 aliphatic carbocycles. The summed E-state index contributed by atoms with van der Waals surface area (Å²) >= 11 is 0. The molecule has 126 valence electrons. The van der Waals surface area contributed by atoms with Crippen LogP contribution in [0, 0.1) is 11.8 Å². The second kappa shape index (κ2) is 6.48. The highest BCUT2D eigenvalue weighted by Gasteiger charge is 2.41. The SMILES string of the molecule is CC1CCN(c2ccc(C(=O)NC(C)(CN)C3CC3)cn2)CC1. The minimum Gasteiger partial charge on any atom is -0.357 e. The number of amides is 1. The average Bonchev–Trinajstić information content (AvgIpc) is 3.41. The van der Waals surface area contributed by atoms with Gasteiger partial charge in [0.1, 0.15) is 5.82 Å². The summed E-state index contributed by atoms with van der Waals surface area (Å²) in [5.74, 6) is 2.21. The minimum atomic E-state index is -0.293. The summed E-state index contributed by atoms with van der Waals surface area (Å²) in [6.45, 7) is 6.91. The number of nitrogens with zero attached hydrogens (tertiary/aromatic N) is 2. The molecule has 1 aromatic heterocycles. The van der Waals surface area contributed by atoms with Gasteiger partial charge in [0.25, 0.3) is 5.91 Å². The standard InChI is InChI=1S/C18H28N4O/c1-13-7-9-22(10-8-13)16-6-3-14(11-20-16)17(23)21-18(2,12-19)15-4-5-15/h3,6,11,13,15H,4-5,7-10,12,19H2,1-2H3,(H,21,23). The third-order valence-corrected chi connectivity index (χ3v) is 5.42. The van der Waals surface area contributed by atoms with Gasteiger partial charge >= 0.3 is 0 Å². The molecule has 1 saturated carbocycles. The van der Waals surface area contributed by atoms with Crippen molar-refractivity contribution in [2.75, 3.05) is 24.5 Å². The van der Waals surface area contributed by atoms with E-state index in [-0.39, 0.29) is 11.4 Å². The summed E-state index contributed by atoms with van der Waals surface area (Å²) < 4.78 is 0. The first-order chi connectivity index (χ1) is 11.0. The smallest absolute Gasteiger partial charge is 0.253 e. The molecule has 2 fully saturated rings. The van der Waals surface area contributed by atoms with Gasteiger partial charge in [-0.15, -0.1) is 0 Å². The molecule has 1 atom stereocenters. The maximum atomic E-state index is 12.5. The third kappa shape index (κ3) is 3.66. The monoisotopic (exact) mass is 316 g/mol. The Bertz CT molecular complexity index is 547. The van der Waals surface area contributed by atoms with E-state index in [1.165, 1.54) is 12.8 Å². The Labute approximate surface area is 138 Å². The highest BCUT2D eigenvalue weighted by Crippen LogP contribution is 2.39. The number of carbonyl (C=O) groups excluding carboxylic acids is 1. The van der Waals surface area contributed by atoms with Gasteiger partial charge in [0.05, 0.1) is 11.1 Å². The van der Waals surface area contributed by atoms with E-state index >= 15 is 0 Å². The van der Waals surface area contributed by atoms with E-state index in [2.05, 4.69) is 22.1 Å². The van der Waals surface area contributed by atoms with Crippen LogP contribution >= 0.6 is 0 Å². The predicted molar refractivity (Wildman–Crippen MR) is 92.5 cm³/mol. The van der Waals surface area contributed by atoms with Crippen molar-refractivity contribution in [3.8, 4) is 0 Å². The lowest BCUT2D eigenvalue weighted by Gasteiger charge is -2.31. The Morgan fingerprint density at radius 3 is 2.57 bits per heavy atom. The van der Waals surface area contributed by atoms with Crippen molar-refractivity contribution in [1.82, 2.24) is 10.3 Å². The van der Waals surface area contributed by atoms with Crippen molar-refractivity contribution < 1.29 is 4.79 Å². The number of anilines is 1. The largest absolute Gasteiger partial charge is 0.357 e. The van der Waals surface area contributed by atoms with Crippen molar-refractivity contribution in [2.24, 2.45) is 17.6 Å². The molecule has 0 radical (unpaired) electrons. The van der Waals surface area contributed by atoms with E-state index < -0.39 is 0 Å². The van der Waals surface area contributed by atoms with E-state index in [9.17, 15) is 4.79 Å². The van der Waals surface area contributed by atoms with Crippen LogP contribution in [-0.4, -0.2) is 36.1 Å². The fourth-order valence-corrected chi connectivity index (χ4v) is 3.32. The number of pyridine rings is 1. The van der Waals surface area contributed by atoms with E-state index in [0.29, 0.717) is 18.0 Å². The fourth-order valence-electron chi connectivity index (χ4n) is 3.32. The lowest BCUT2D eigenvalue weighted by atomic mass is 9.95. The maximum Gasteiger partial charge on any atom is 0.253 e. The zero-order valence-electron chi connectivity index (χ0n) is 14.2. The predicted octanol–water partition coefficient (Wildman–Crippen LogP) is 2.18. The highest BCUT2D eigenvalue weighted by molar-refractivity contribution is 5.94. The summed E-state index contributed by atoms with van der Waals surface area (Å²) in [5, 5.41) is 3.11. The van der Waals surface area contributed by atoms with Crippen LogP contribution in [0.15, 0.2) is 18.3 Å². The fraction of sp³-hybridized carbons (Fsp3) is 0.667. The van der Waals surface area contributed by atoms with E-state index in [1.807, 2.05) is 19.1 Å². The number of aromatic nitrogens is 1. The number of nitrogens with two attached hydrogens (primary N) is 1. The van der Waals surface area contributed by atoms with Gasteiger partial charge in [-0.1, -0.05) is 6.92 Å². The molecule has 1 aliphatic heterocycles. The first-order valence-corrected chi connectivity index (χ1v) is 8.75. The Morgan fingerprint density at radius 1 is 1.35 bits per heavy atom. The summed E-state index contributed by atoms with van der Waals surface area (Å²) in [5.41, 5.74) is 6.19. The van der Waals surface area contributed by atoms with Gasteiger partial charge in [0, 0.05) is 25.8 Å². The molecule has 1 aromatic rings. The van der Waals surface area contributed by atoms with Crippen molar-refractivity contribution in [1.29, 1.82) is 0 Å². The van der Waals surface area contributed by atoms with Crippen LogP contribution in [0.2, 0.25) is 0 Å². The first-order valence-electron chi connectivity index (χ1n) is 8.75. The van der Waals surface area contributed by atoms with Crippen LogP contribution in [0.25, 0.3) is 0 Å². The summed E-state index contributed by atoms with van der Waals surface area (Å²) in [6.07, 6.45) is 6.41. The molecule has 0 spiro atoms. The van der Waals surface area contributed by atoms with Crippen molar-refractivity contribution >= 4 is 11.7 Å². The molecule has 0 aromatic carbocycles. The number of piperidine rings is 1. The summed E-state index contributed by atoms with van der Waals surface area (Å²) in [6, 6.07) is 3.83. The van der Waals surface area contributed by atoms with E-state index in [0.717, 1.165) is 37.7 Å². The highest BCUT2D eigenvalue weighted by atomic mass is 16.1. The van der Waals surface area contributed by atoms with Crippen LogP contribution in [-0.2, 0) is 0 Å². The Hall–Kier alpha value is -1.62. The molecular formula is C18H28N4O. The van der Waals surface area contributed by atoms with Crippen molar-refractivity contribution in [3.05, 3.63) is 23.9 Å². The molecule has 3 N–H and O–H groups in total. The average molecular weight is 316 g/mol. The van der Waals surface area contributed by atoms with Gasteiger partial charge in [-0.3, -0.25) is 4.79 Å². The van der Waals surface area contributed by atoms with Crippen LogP contribution in [0.3, 0.4) is 0 Å². The van der Waals surface area contributed by atoms with Gasteiger partial charge < -0.3 is 16.0 Å². The van der Waals surface area contributed by atoms with Crippen molar-refractivity contribution in [3.63, 3.8) is 0 Å². The van der Waals surface area contributed by atoms with Gasteiger partial charge in [-0.05, 0) is 56.6 Å². The van der Waals surface area contributed by atoms with Crippen LogP contribution in [0.1, 0.15) is 49.9 Å². The minimum absolute atomic E-state index is 0.0730.